The molecule has 3 aromatic rings. The van der Waals surface area contributed by atoms with Crippen molar-refractivity contribution in [1.29, 1.82) is 0 Å². The monoisotopic (exact) mass is 481 g/mol. The van der Waals surface area contributed by atoms with Gasteiger partial charge in [-0.15, -0.1) is 0 Å². The number of carbonyl (C=O) groups excluding carboxylic acids is 2. The Morgan fingerprint density at radius 2 is 1.78 bits per heavy atom. The van der Waals surface area contributed by atoms with E-state index in [1.54, 1.807) is 24.3 Å². The first-order valence-corrected chi connectivity index (χ1v) is 9.99. The number of carbonyl (C=O) groups is 2. The zero-order chi connectivity index (χ0) is 23.5. The molecular formula is C22H16Cl2F3N3O2. The van der Waals surface area contributed by atoms with Crippen LogP contribution in [0.1, 0.15) is 18.1 Å². The summed E-state index contributed by atoms with van der Waals surface area (Å²) >= 11 is 12.1. The van der Waals surface area contributed by atoms with Crippen molar-refractivity contribution in [1.82, 2.24) is 4.98 Å². The molecule has 0 fully saturated rings. The van der Waals surface area contributed by atoms with Gasteiger partial charge in [0.1, 0.15) is 5.82 Å². The van der Waals surface area contributed by atoms with E-state index in [0.29, 0.717) is 16.4 Å². The third-order valence-electron chi connectivity index (χ3n) is 4.40. The number of alkyl halides is 3. The first-order valence-electron chi connectivity index (χ1n) is 9.23. The van der Waals surface area contributed by atoms with Crippen molar-refractivity contribution < 1.29 is 22.8 Å². The van der Waals surface area contributed by atoms with Crippen LogP contribution in [0.2, 0.25) is 10.0 Å². The normalized spacial score (nSPS) is 11.2. The zero-order valence-electron chi connectivity index (χ0n) is 16.6. The molecule has 0 saturated carbocycles. The molecule has 5 nitrogen and oxygen atoms in total. The van der Waals surface area contributed by atoms with E-state index in [2.05, 4.69) is 10.3 Å². The second-order valence-electron chi connectivity index (χ2n) is 6.71. The van der Waals surface area contributed by atoms with Crippen LogP contribution in [0, 0.1) is 0 Å². The Bertz CT molecular complexity index is 1170. The SMILES string of the molecule is CC(=O)N(c1cc(NC(=O)Cc2cccc(C(F)(F)F)c2Cl)ccn1)c1ccccc1Cl. The van der Waals surface area contributed by atoms with Crippen molar-refractivity contribution in [2.75, 3.05) is 10.2 Å². The molecule has 0 aliphatic rings. The number of aromatic nitrogens is 1. The maximum absolute atomic E-state index is 13.0. The fourth-order valence-corrected chi connectivity index (χ4v) is 3.54. The van der Waals surface area contributed by atoms with Crippen molar-refractivity contribution in [2.24, 2.45) is 0 Å². The molecule has 2 aromatic carbocycles. The molecule has 166 valence electrons. The van der Waals surface area contributed by atoms with Crippen molar-refractivity contribution in [3.8, 4) is 0 Å². The van der Waals surface area contributed by atoms with Gasteiger partial charge in [0.05, 0.1) is 27.7 Å². The van der Waals surface area contributed by atoms with Gasteiger partial charge < -0.3 is 5.32 Å². The summed E-state index contributed by atoms with van der Waals surface area (Å²) < 4.78 is 39.1. The number of halogens is 5. The number of pyridine rings is 1. The summed E-state index contributed by atoms with van der Waals surface area (Å²) in [6.07, 6.45) is -3.62. The predicted octanol–water partition coefficient (Wildman–Crippen LogP) is 6.27. The van der Waals surface area contributed by atoms with Crippen molar-refractivity contribution in [3.63, 3.8) is 0 Å². The number of nitrogens with zero attached hydrogens (tertiary/aromatic N) is 2. The van der Waals surface area contributed by atoms with Crippen molar-refractivity contribution in [2.45, 2.75) is 19.5 Å². The number of benzene rings is 2. The zero-order valence-corrected chi connectivity index (χ0v) is 18.1. The fraction of sp³-hybridized carbons (Fsp3) is 0.136. The molecule has 1 heterocycles. The Hall–Kier alpha value is -3.10. The van der Waals surface area contributed by atoms with Gasteiger partial charge in [0.2, 0.25) is 11.8 Å². The smallest absolute Gasteiger partial charge is 0.326 e. The van der Waals surface area contributed by atoms with Crippen LogP contribution in [0.3, 0.4) is 0 Å². The predicted molar refractivity (Wildman–Crippen MR) is 117 cm³/mol. The van der Waals surface area contributed by atoms with Crippen LogP contribution < -0.4 is 10.2 Å². The highest BCUT2D eigenvalue weighted by molar-refractivity contribution is 6.34. The standard InChI is InChI=1S/C22H16Cl2F3N3O2/c1-13(31)30(18-8-3-2-7-17(18)23)19-12-15(9-10-28-19)29-20(32)11-14-5-4-6-16(21(14)24)22(25,26)27/h2-10,12H,11H2,1H3,(H,28,29,32). The minimum absolute atomic E-state index is 0.0368. The van der Waals surface area contributed by atoms with Crippen LogP contribution in [0.15, 0.2) is 60.8 Å². The Labute approximate surface area is 191 Å². The lowest BCUT2D eigenvalue weighted by molar-refractivity contribution is -0.137. The van der Waals surface area contributed by atoms with Crippen LogP contribution >= 0.6 is 23.2 Å². The van der Waals surface area contributed by atoms with E-state index in [9.17, 15) is 22.8 Å². The number of hydrogen-bond acceptors (Lipinski definition) is 3. The average Bonchev–Trinajstić information content (AvgIpc) is 2.70. The molecule has 0 radical (unpaired) electrons. The van der Waals surface area contributed by atoms with E-state index in [1.165, 1.54) is 42.3 Å². The summed E-state index contributed by atoms with van der Waals surface area (Å²) in [7, 11) is 0. The van der Waals surface area contributed by atoms with Gasteiger partial charge >= 0.3 is 6.18 Å². The maximum atomic E-state index is 13.0. The highest BCUT2D eigenvalue weighted by Gasteiger charge is 2.34. The molecule has 3 rings (SSSR count). The summed E-state index contributed by atoms with van der Waals surface area (Å²) in [6, 6.07) is 13.0. The first-order chi connectivity index (χ1) is 15.1. The number of para-hydroxylation sites is 1. The quantitative estimate of drug-likeness (QED) is 0.466. The van der Waals surface area contributed by atoms with Crippen molar-refractivity contribution in [3.05, 3.63) is 82.0 Å². The van der Waals surface area contributed by atoms with Crippen LogP contribution in [-0.4, -0.2) is 16.8 Å². The van der Waals surface area contributed by atoms with E-state index in [-0.39, 0.29) is 23.7 Å². The summed E-state index contributed by atoms with van der Waals surface area (Å²) in [5.74, 6) is -0.735. The lowest BCUT2D eigenvalue weighted by Gasteiger charge is -2.21. The van der Waals surface area contributed by atoms with E-state index < -0.39 is 22.7 Å². The Balaban J connectivity index is 1.83. The molecule has 0 atom stereocenters. The van der Waals surface area contributed by atoms with E-state index >= 15 is 0 Å². The molecule has 1 aromatic heterocycles. The Kier molecular flexibility index (Phi) is 7.06. The van der Waals surface area contributed by atoms with Crippen LogP contribution in [0.4, 0.5) is 30.4 Å². The molecule has 0 bridgehead atoms. The molecule has 1 N–H and O–H groups in total. The van der Waals surface area contributed by atoms with Crippen LogP contribution in [0.25, 0.3) is 0 Å². The minimum atomic E-state index is -4.63. The fourth-order valence-electron chi connectivity index (χ4n) is 3.02. The van der Waals surface area contributed by atoms with Gasteiger partial charge in [-0.3, -0.25) is 14.5 Å². The highest BCUT2D eigenvalue weighted by Crippen LogP contribution is 2.36. The van der Waals surface area contributed by atoms with Gasteiger partial charge in [-0.2, -0.15) is 13.2 Å². The van der Waals surface area contributed by atoms with E-state index in [4.69, 9.17) is 23.2 Å². The van der Waals surface area contributed by atoms with E-state index in [1.807, 2.05) is 0 Å². The van der Waals surface area contributed by atoms with Gasteiger partial charge in [0.25, 0.3) is 0 Å². The first kappa shape index (κ1) is 23.6. The maximum Gasteiger partial charge on any atom is 0.417 e. The van der Waals surface area contributed by atoms with Crippen molar-refractivity contribution >= 4 is 52.2 Å². The third-order valence-corrected chi connectivity index (χ3v) is 5.17. The van der Waals surface area contributed by atoms with Gasteiger partial charge in [0.15, 0.2) is 0 Å². The number of anilines is 3. The third kappa shape index (κ3) is 5.38. The Morgan fingerprint density at radius 3 is 2.44 bits per heavy atom. The van der Waals surface area contributed by atoms with Gasteiger partial charge in [-0.1, -0.05) is 47.5 Å². The molecule has 0 aliphatic carbocycles. The number of hydrogen-bond donors (Lipinski definition) is 1. The number of amides is 2. The average molecular weight is 482 g/mol. The summed E-state index contributed by atoms with van der Waals surface area (Å²) in [6.45, 7) is 1.34. The molecular weight excluding hydrogens is 466 g/mol. The summed E-state index contributed by atoms with van der Waals surface area (Å²) in [5, 5.41) is 2.40. The molecule has 0 unspecified atom stereocenters. The molecule has 0 saturated heterocycles. The van der Waals surface area contributed by atoms with Crippen LogP contribution in [0.5, 0.6) is 0 Å². The summed E-state index contributed by atoms with van der Waals surface area (Å²) in [4.78, 5) is 30.2. The van der Waals surface area contributed by atoms with E-state index in [0.717, 1.165) is 6.07 Å². The number of nitrogens with one attached hydrogen (secondary N) is 1. The second kappa shape index (κ2) is 9.58. The molecule has 10 heteroatoms. The lowest BCUT2D eigenvalue weighted by Crippen LogP contribution is -2.24. The van der Waals surface area contributed by atoms with Crippen LogP contribution in [-0.2, 0) is 22.2 Å². The molecule has 0 aliphatic heterocycles. The van der Waals surface area contributed by atoms with Gasteiger partial charge in [0, 0.05) is 24.9 Å². The molecule has 2 amide bonds. The lowest BCUT2D eigenvalue weighted by atomic mass is 10.1. The number of rotatable bonds is 5. The molecule has 32 heavy (non-hydrogen) atoms. The van der Waals surface area contributed by atoms with Gasteiger partial charge in [-0.05, 0) is 29.8 Å². The second-order valence-corrected chi connectivity index (χ2v) is 7.50. The summed E-state index contributed by atoms with van der Waals surface area (Å²) in [5.41, 5.74) is -0.267. The molecule has 0 spiro atoms. The minimum Gasteiger partial charge on any atom is -0.326 e. The topological polar surface area (TPSA) is 62.3 Å². The highest BCUT2D eigenvalue weighted by atomic mass is 35.5. The largest absolute Gasteiger partial charge is 0.417 e. The Morgan fingerprint density at radius 1 is 1.06 bits per heavy atom. The van der Waals surface area contributed by atoms with Gasteiger partial charge in [-0.25, -0.2) is 4.98 Å².